The Hall–Kier alpha value is -2.61. The summed E-state index contributed by atoms with van der Waals surface area (Å²) in [5, 5.41) is 12.2. The van der Waals surface area contributed by atoms with Crippen LogP contribution < -0.4 is 16.2 Å². The zero-order valence-corrected chi connectivity index (χ0v) is 13.0. The molecule has 1 aromatic carbocycles. The van der Waals surface area contributed by atoms with Gasteiger partial charge < -0.3 is 5.32 Å². The van der Waals surface area contributed by atoms with Crippen LogP contribution in [0.5, 0.6) is 0 Å². The highest BCUT2D eigenvalue weighted by atomic mass is 16.5. The molecule has 4 N–H and O–H groups in total. The van der Waals surface area contributed by atoms with Crippen molar-refractivity contribution in [1.29, 1.82) is 0 Å². The van der Waals surface area contributed by atoms with Gasteiger partial charge in [0.1, 0.15) is 0 Å². The normalized spacial score (nSPS) is 11.2. The van der Waals surface area contributed by atoms with E-state index in [0.717, 1.165) is 12.8 Å². The van der Waals surface area contributed by atoms with Crippen molar-refractivity contribution in [3.8, 4) is 0 Å². The number of hydrazine groups is 1. The SMILES string of the molecule is CCCCC(CN(O)C=O)C(=O)NNC(=O)Nc1ccccc1. The van der Waals surface area contributed by atoms with Crippen LogP contribution in [0.4, 0.5) is 10.5 Å². The van der Waals surface area contributed by atoms with Crippen LogP contribution in [0.3, 0.4) is 0 Å². The van der Waals surface area contributed by atoms with Crippen LogP contribution in [-0.4, -0.2) is 35.2 Å². The minimum absolute atomic E-state index is 0.128. The third-order valence-corrected chi connectivity index (χ3v) is 3.14. The highest BCUT2D eigenvalue weighted by Crippen LogP contribution is 2.09. The van der Waals surface area contributed by atoms with Gasteiger partial charge >= 0.3 is 6.03 Å². The summed E-state index contributed by atoms with van der Waals surface area (Å²) >= 11 is 0. The third-order valence-electron chi connectivity index (χ3n) is 3.14. The summed E-state index contributed by atoms with van der Waals surface area (Å²) in [6.07, 6.45) is 2.37. The van der Waals surface area contributed by atoms with Crippen molar-refractivity contribution in [1.82, 2.24) is 15.9 Å². The first-order chi connectivity index (χ1) is 11.1. The number of urea groups is 1. The lowest BCUT2D eigenvalue weighted by atomic mass is 10.0. The number of rotatable bonds is 8. The van der Waals surface area contributed by atoms with Gasteiger partial charge in [-0.3, -0.25) is 20.2 Å². The van der Waals surface area contributed by atoms with E-state index >= 15 is 0 Å². The highest BCUT2D eigenvalue weighted by Gasteiger charge is 2.20. The minimum atomic E-state index is -0.609. The number of anilines is 1. The number of nitrogens with zero attached hydrogens (tertiary/aromatic N) is 1. The van der Waals surface area contributed by atoms with Gasteiger partial charge in [-0.05, 0) is 18.6 Å². The van der Waals surface area contributed by atoms with Gasteiger partial charge in [0.2, 0.25) is 12.3 Å². The molecule has 1 atom stereocenters. The van der Waals surface area contributed by atoms with E-state index in [1.54, 1.807) is 24.3 Å². The van der Waals surface area contributed by atoms with E-state index in [9.17, 15) is 19.6 Å². The van der Waals surface area contributed by atoms with E-state index in [1.165, 1.54) is 0 Å². The van der Waals surface area contributed by atoms with Crippen molar-refractivity contribution in [2.24, 2.45) is 5.92 Å². The van der Waals surface area contributed by atoms with Gasteiger partial charge in [-0.2, -0.15) is 0 Å². The molecular formula is C15H22N4O4. The molecule has 0 saturated carbocycles. The summed E-state index contributed by atoms with van der Waals surface area (Å²) < 4.78 is 0. The second-order valence-corrected chi connectivity index (χ2v) is 5.00. The smallest absolute Gasteiger partial charge is 0.307 e. The van der Waals surface area contributed by atoms with E-state index in [-0.39, 0.29) is 13.0 Å². The zero-order chi connectivity index (χ0) is 17.1. The maximum atomic E-state index is 12.1. The summed E-state index contributed by atoms with van der Waals surface area (Å²) in [5.74, 6) is -1.08. The van der Waals surface area contributed by atoms with E-state index in [2.05, 4.69) is 16.2 Å². The third kappa shape index (κ3) is 7.28. The van der Waals surface area contributed by atoms with Gasteiger partial charge in [0.15, 0.2) is 0 Å². The molecule has 126 valence electrons. The number of hydrogen-bond acceptors (Lipinski definition) is 4. The number of hydrogen-bond donors (Lipinski definition) is 4. The summed E-state index contributed by atoms with van der Waals surface area (Å²) in [7, 11) is 0. The van der Waals surface area contributed by atoms with Crippen molar-refractivity contribution < 1.29 is 19.6 Å². The first kappa shape index (κ1) is 18.4. The molecule has 0 bridgehead atoms. The number of nitrogens with one attached hydrogen (secondary N) is 3. The molecule has 0 radical (unpaired) electrons. The monoisotopic (exact) mass is 322 g/mol. The predicted octanol–water partition coefficient (Wildman–Crippen LogP) is 1.49. The van der Waals surface area contributed by atoms with Gasteiger partial charge in [0.05, 0.1) is 12.5 Å². The average Bonchev–Trinajstić information content (AvgIpc) is 2.57. The fraction of sp³-hybridized carbons (Fsp3) is 0.400. The molecule has 8 nitrogen and oxygen atoms in total. The van der Waals surface area contributed by atoms with Crippen LogP contribution in [0, 0.1) is 5.92 Å². The first-order valence-electron chi connectivity index (χ1n) is 7.39. The second kappa shape index (κ2) is 10.2. The maximum absolute atomic E-state index is 12.1. The Morgan fingerprint density at radius 2 is 1.96 bits per heavy atom. The number of hydroxylamine groups is 2. The van der Waals surface area contributed by atoms with Crippen LogP contribution in [0.25, 0.3) is 0 Å². The molecule has 0 aliphatic carbocycles. The van der Waals surface area contributed by atoms with E-state index in [0.29, 0.717) is 17.2 Å². The lowest BCUT2D eigenvalue weighted by Crippen LogP contribution is -2.48. The molecule has 23 heavy (non-hydrogen) atoms. The number of carbonyl (C=O) groups is 3. The molecule has 0 aliphatic heterocycles. The molecule has 4 amide bonds. The summed E-state index contributed by atoms with van der Waals surface area (Å²) in [6, 6.07) is 8.18. The lowest BCUT2D eigenvalue weighted by molar-refractivity contribution is -0.154. The largest absolute Gasteiger partial charge is 0.337 e. The fourth-order valence-corrected chi connectivity index (χ4v) is 1.93. The van der Waals surface area contributed by atoms with Crippen molar-refractivity contribution in [2.75, 3.05) is 11.9 Å². The predicted molar refractivity (Wildman–Crippen MR) is 84.3 cm³/mol. The van der Waals surface area contributed by atoms with Crippen LogP contribution >= 0.6 is 0 Å². The van der Waals surface area contributed by atoms with Crippen LogP contribution in [0.1, 0.15) is 26.2 Å². The zero-order valence-electron chi connectivity index (χ0n) is 13.0. The Morgan fingerprint density at radius 1 is 1.26 bits per heavy atom. The topological polar surface area (TPSA) is 111 Å². The van der Waals surface area contributed by atoms with E-state index in [1.807, 2.05) is 13.0 Å². The van der Waals surface area contributed by atoms with Gasteiger partial charge in [-0.25, -0.2) is 15.3 Å². The van der Waals surface area contributed by atoms with Crippen molar-refractivity contribution >= 4 is 24.0 Å². The van der Waals surface area contributed by atoms with Gasteiger partial charge in [0.25, 0.3) is 0 Å². The first-order valence-corrected chi connectivity index (χ1v) is 7.39. The van der Waals surface area contributed by atoms with Crippen LogP contribution in [-0.2, 0) is 9.59 Å². The summed E-state index contributed by atoms with van der Waals surface area (Å²) in [4.78, 5) is 34.2. The minimum Gasteiger partial charge on any atom is -0.307 e. The Labute approximate surface area is 134 Å². The van der Waals surface area contributed by atoms with Crippen LogP contribution in [0.2, 0.25) is 0 Å². The average molecular weight is 322 g/mol. The number of amides is 4. The quantitative estimate of drug-likeness (QED) is 0.330. The molecule has 0 aliphatic rings. The Balaban J connectivity index is 2.46. The number of para-hydroxylation sites is 1. The Kier molecular flexibility index (Phi) is 8.16. The highest BCUT2D eigenvalue weighted by molar-refractivity contribution is 5.91. The molecule has 1 aromatic rings. The molecule has 1 unspecified atom stereocenters. The number of unbranched alkanes of at least 4 members (excludes halogenated alkanes) is 1. The Bertz CT molecular complexity index is 509. The number of benzene rings is 1. The van der Waals surface area contributed by atoms with Gasteiger partial charge in [0, 0.05) is 5.69 Å². The molecule has 1 rings (SSSR count). The molecule has 0 aromatic heterocycles. The molecular weight excluding hydrogens is 300 g/mol. The fourth-order valence-electron chi connectivity index (χ4n) is 1.93. The van der Waals surface area contributed by atoms with E-state index < -0.39 is 17.9 Å². The maximum Gasteiger partial charge on any atom is 0.337 e. The summed E-state index contributed by atoms with van der Waals surface area (Å²) in [5.41, 5.74) is 5.11. The molecule has 0 saturated heterocycles. The van der Waals surface area contributed by atoms with Gasteiger partial charge in [-0.1, -0.05) is 38.0 Å². The standard InChI is InChI=1S/C15H22N4O4/c1-2-3-7-12(10-19(23)11-20)14(21)17-18-15(22)16-13-8-5-4-6-9-13/h4-6,8-9,11-12,23H,2-3,7,10H2,1H3,(H,17,21)(H2,16,18,22). The Morgan fingerprint density at radius 3 is 2.57 bits per heavy atom. The molecule has 0 heterocycles. The van der Waals surface area contributed by atoms with Crippen LogP contribution in [0.15, 0.2) is 30.3 Å². The molecule has 8 heteroatoms. The molecule has 0 fully saturated rings. The van der Waals surface area contributed by atoms with Gasteiger partial charge in [-0.15, -0.1) is 0 Å². The van der Waals surface area contributed by atoms with Crippen molar-refractivity contribution in [3.05, 3.63) is 30.3 Å². The second-order valence-electron chi connectivity index (χ2n) is 5.00. The lowest BCUT2D eigenvalue weighted by Gasteiger charge is -2.19. The van der Waals surface area contributed by atoms with Crippen molar-refractivity contribution in [3.63, 3.8) is 0 Å². The molecule has 0 spiro atoms. The summed E-state index contributed by atoms with van der Waals surface area (Å²) in [6.45, 7) is 1.84. The van der Waals surface area contributed by atoms with Crippen molar-refractivity contribution in [2.45, 2.75) is 26.2 Å². The van der Waals surface area contributed by atoms with E-state index in [4.69, 9.17) is 0 Å². The number of carbonyl (C=O) groups excluding carboxylic acids is 3.